The molecule has 0 radical (unpaired) electrons. The highest BCUT2D eigenvalue weighted by Crippen LogP contribution is 2.18. The quantitative estimate of drug-likeness (QED) is 0.522. The first-order valence-electron chi connectivity index (χ1n) is 4.74. The zero-order chi connectivity index (χ0) is 10.5. The molecule has 0 saturated carbocycles. The van der Waals surface area contributed by atoms with E-state index in [-0.39, 0.29) is 6.04 Å². The lowest BCUT2D eigenvalue weighted by atomic mass is 10.1. The fourth-order valence-electron chi connectivity index (χ4n) is 1.44. The first-order valence-corrected chi connectivity index (χ1v) is 5.62. The Kier molecular flexibility index (Phi) is 3.44. The van der Waals surface area contributed by atoms with Crippen LogP contribution in [0.2, 0.25) is 0 Å². The van der Waals surface area contributed by atoms with Crippen LogP contribution >= 0.6 is 11.3 Å². The Hall–Kier alpha value is -1.24. The van der Waals surface area contributed by atoms with Gasteiger partial charge < -0.3 is 0 Å². The Morgan fingerprint density at radius 2 is 2.53 bits per heavy atom. The average Bonchev–Trinajstić information content (AvgIpc) is 2.90. The van der Waals surface area contributed by atoms with Crippen molar-refractivity contribution in [3.63, 3.8) is 0 Å². The average molecular weight is 223 g/mol. The molecule has 1 unspecified atom stereocenters. The van der Waals surface area contributed by atoms with Crippen LogP contribution in [0.15, 0.2) is 23.7 Å². The van der Waals surface area contributed by atoms with Gasteiger partial charge in [0.05, 0.1) is 12.2 Å². The van der Waals surface area contributed by atoms with Gasteiger partial charge in [-0.15, -0.1) is 11.3 Å². The van der Waals surface area contributed by atoms with Crippen LogP contribution in [0, 0.1) is 0 Å². The topological polar surface area (TPSA) is 79.6 Å². The maximum atomic E-state index is 5.48. The number of rotatable bonds is 5. The Bertz CT molecular complexity index is 369. The van der Waals surface area contributed by atoms with Crippen molar-refractivity contribution in [1.29, 1.82) is 0 Å². The highest BCUT2D eigenvalue weighted by Gasteiger charge is 2.12. The number of nitrogens with one attached hydrogen (secondary N) is 2. The predicted octanol–water partition coefficient (Wildman–Crippen LogP) is 1.00. The van der Waals surface area contributed by atoms with Crippen molar-refractivity contribution < 1.29 is 0 Å². The largest absolute Gasteiger partial charge is 0.271 e. The third-order valence-electron chi connectivity index (χ3n) is 2.25. The van der Waals surface area contributed by atoms with Crippen LogP contribution in [0.4, 0.5) is 0 Å². The van der Waals surface area contributed by atoms with Gasteiger partial charge in [-0.3, -0.25) is 11.3 Å². The van der Waals surface area contributed by atoms with E-state index < -0.39 is 0 Å². The Labute approximate surface area is 91.7 Å². The van der Waals surface area contributed by atoms with Gasteiger partial charge in [0.2, 0.25) is 0 Å². The molecule has 1 atom stereocenters. The van der Waals surface area contributed by atoms with Crippen LogP contribution in [0.3, 0.4) is 0 Å². The van der Waals surface area contributed by atoms with E-state index >= 15 is 0 Å². The predicted molar refractivity (Wildman–Crippen MR) is 59.1 cm³/mol. The van der Waals surface area contributed by atoms with Crippen LogP contribution in [0.5, 0.6) is 0 Å². The summed E-state index contributed by atoms with van der Waals surface area (Å²) in [5.74, 6) is 5.48. The number of aryl methyl sites for hydroxylation is 1. The molecule has 0 aliphatic heterocycles. The molecule has 0 saturated heterocycles. The molecule has 2 aromatic heterocycles. The lowest BCUT2D eigenvalue weighted by Gasteiger charge is -2.11. The second kappa shape index (κ2) is 5.01. The molecule has 0 bridgehead atoms. The van der Waals surface area contributed by atoms with Crippen molar-refractivity contribution in [3.05, 3.63) is 34.3 Å². The molecular formula is C9H13N5S. The van der Waals surface area contributed by atoms with E-state index in [9.17, 15) is 0 Å². The van der Waals surface area contributed by atoms with Crippen LogP contribution in [-0.4, -0.2) is 15.4 Å². The number of nitrogens with zero attached hydrogens (tertiary/aromatic N) is 2. The fourth-order valence-corrected chi connectivity index (χ4v) is 2.16. The molecular weight excluding hydrogens is 210 g/mol. The summed E-state index contributed by atoms with van der Waals surface area (Å²) in [6.45, 7) is 0. The van der Waals surface area contributed by atoms with Crippen LogP contribution in [-0.2, 0) is 6.42 Å². The molecule has 0 fully saturated rings. The third kappa shape index (κ3) is 2.62. The minimum absolute atomic E-state index is 0.0610. The van der Waals surface area contributed by atoms with E-state index in [0.717, 1.165) is 18.5 Å². The highest BCUT2D eigenvalue weighted by molar-refractivity contribution is 7.09. The summed E-state index contributed by atoms with van der Waals surface area (Å²) in [6, 6.07) is 4.24. The van der Waals surface area contributed by atoms with Gasteiger partial charge >= 0.3 is 0 Å². The van der Waals surface area contributed by atoms with Gasteiger partial charge in [0.1, 0.15) is 5.69 Å². The first-order chi connectivity index (χ1) is 7.40. The number of aromatic nitrogens is 3. The molecule has 0 aliphatic rings. The number of aromatic amines is 1. The minimum Gasteiger partial charge on any atom is -0.271 e. The lowest BCUT2D eigenvalue weighted by Crippen LogP contribution is -2.28. The van der Waals surface area contributed by atoms with Gasteiger partial charge in [-0.2, -0.15) is 15.4 Å². The van der Waals surface area contributed by atoms with Crippen LogP contribution in [0.1, 0.15) is 23.0 Å². The number of thiophene rings is 1. The van der Waals surface area contributed by atoms with Crippen LogP contribution < -0.4 is 11.3 Å². The van der Waals surface area contributed by atoms with E-state index in [1.54, 1.807) is 17.5 Å². The zero-order valence-corrected chi connectivity index (χ0v) is 9.00. The Balaban J connectivity index is 1.92. The first kappa shape index (κ1) is 10.3. The number of hydrazine groups is 1. The van der Waals surface area contributed by atoms with Crippen molar-refractivity contribution in [1.82, 2.24) is 20.8 Å². The molecule has 15 heavy (non-hydrogen) atoms. The molecule has 0 aliphatic carbocycles. The van der Waals surface area contributed by atoms with E-state index in [1.807, 2.05) is 0 Å². The molecule has 6 heteroatoms. The van der Waals surface area contributed by atoms with Gasteiger partial charge in [0.25, 0.3) is 0 Å². The Morgan fingerprint density at radius 1 is 1.60 bits per heavy atom. The summed E-state index contributed by atoms with van der Waals surface area (Å²) in [7, 11) is 0. The Morgan fingerprint density at radius 3 is 3.13 bits per heavy atom. The maximum Gasteiger partial charge on any atom is 0.101 e. The SMILES string of the molecule is NNC(CCc1cccs1)c1cn[nH]n1. The van der Waals surface area contributed by atoms with Gasteiger partial charge in [0.15, 0.2) is 0 Å². The molecule has 2 aromatic rings. The summed E-state index contributed by atoms with van der Waals surface area (Å²) in [4.78, 5) is 1.36. The zero-order valence-electron chi connectivity index (χ0n) is 8.18. The standard InChI is InChI=1S/C9H13N5S/c10-12-8(9-6-11-14-13-9)4-3-7-2-1-5-15-7/h1-2,5-6,8,12H,3-4,10H2,(H,11,13,14). The molecule has 5 nitrogen and oxygen atoms in total. The molecule has 0 amide bonds. The summed E-state index contributed by atoms with van der Waals surface area (Å²) in [6.07, 6.45) is 3.61. The molecule has 4 N–H and O–H groups in total. The summed E-state index contributed by atoms with van der Waals surface area (Å²) < 4.78 is 0. The second-order valence-electron chi connectivity index (χ2n) is 3.23. The van der Waals surface area contributed by atoms with Gasteiger partial charge in [-0.05, 0) is 24.3 Å². The molecule has 80 valence electrons. The third-order valence-corrected chi connectivity index (χ3v) is 3.19. The van der Waals surface area contributed by atoms with E-state index in [0.29, 0.717) is 0 Å². The highest BCUT2D eigenvalue weighted by atomic mass is 32.1. The number of hydrogen-bond donors (Lipinski definition) is 3. The van der Waals surface area contributed by atoms with E-state index in [2.05, 4.69) is 38.3 Å². The number of H-pyrrole nitrogens is 1. The van der Waals surface area contributed by atoms with Gasteiger partial charge in [-0.25, -0.2) is 0 Å². The monoisotopic (exact) mass is 223 g/mol. The maximum absolute atomic E-state index is 5.48. The van der Waals surface area contributed by atoms with Crippen molar-refractivity contribution >= 4 is 11.3 Å². The molecule has 0 aromatic carbocycles. The summed E-state index contributed by atoms with van der Waals surface area (Å²) >= 11 is 1.76. The molecule has 0 spiro atoms. The molecule has 2 heterocycles. The van der Waals surface area contributed by atoms with Crippen molar-refractivity contribution in [2.24, 2.45) is 5.84 Å². The summed E-state index contributed by atoms with van der Waals surface area (Å²) in [5.41, 5.74) is 3.60. The van der Waals surface area contributed by atoms with Crippen molar-refractivity contribution in [2.75, 3.05) is 0 Å². The van der Waals surface area contributed by atoms with E-state index in [4.69, 9.17) is 5.84 Å². The second-order valence-corrected chi connectivity index (χ2v) is 4.26. The summed E-state index contributed by atoms with van der Waals surface area (Å²) in [5, 5.41) is 12.4. The molecule has 2 rings (SSSR count). The number of hydrogen-bond acceptors (Lipinski definition) is 5. The van der Waals surface area contributed by atoms with Crippen molar-refractivity contribution in [2.45, 2.75) is 18.9 Å². The van der Waals surface area contributed by atoms with Gasteiger partial charge in [0, 0.05) is 4.88 Å². The minimum atomic E-state index is 0.0610. The van der Waals surface area contributed by atoms with Gasteiger partial charge in [-0.1, -0.05) is 6.07 Å². The normalized spacial score (nSPS) is 12.9. The lowest BCUT2D eigenvalue weighted by molar-refractivity contribution is 0.505. The number of nitrogens with two attached hydrogens (primary N) is 1. The smallest absolute Gasteiger partial charge is 0.101 e. The van der Waals surface area contributed by atoms with Crippen LogP contribution in [0.25, 0.3) is 0 Å². The van der Waals surface area contributed by atoms with E-state index in [1.165, 1.54) is 4.88 Å². The van der Waals surface area contributed by atoms with Crippen molar-refractivity contribution in [3.8, 4) is 0 Å². The fraction of sp³-hybridized carbons (Fsp3) is 0.333.